The van der Waals surface area contributed by atoms with E-state index < -0.39 is 0 Å². The molecule has 0 radical (unpaired) electrons. The van der Waals surface area contributed by atoms with Gasteiger partial charge in [0.1, 0.15) is 12.4 Å². The quantitative estimate of drug-likeness (QED) is 0.859. The van der Waals surface area contributed by atoms with Crippen LogP contribution in [-0.4, -0.2) is 25.3 Å². The van der Waals surface area contributed by atoms with Crippen LogP contribution in [0.4, 0.5) is 4.79 Å². The van der Waals surface area contributed by atoms with E-state index in [2.05, 4.69) is 5.32 Å². The van der Waals surface area contributed by atoms with Gasteiger partial charge < -0.3 is 14.8 Å². The summed E-state index contributed by atoms with van der Waals surface area (Å²) in [5.74, 6) is 0.887. The van der Waals surface area contributed by atoms with Crippen molar-refractivity contribution in [2.24, 2.45) is 0 Å². The highest BCUT2D eigenvalue weighted by Gasteiger charge is 2.10. The van der Waals surface area contributed by atoms with Gasteiger partial charge in [0, 0.05) is 0 Å². The maximum absolute atomic E-state index is 11.4. The summed E-state index contributed by atoms with van der Waals surface area (Å²) in [6.45, 7) is 8.73. The molecule has 0 spiro atoms. The molecule has 106 valence electrons. The molecule has 1 amide bonds. The molecule has 1 aromatic carbocycles. The number of para-hydroxylation sites is 1. The number of carbonyl (C=O) groups is 1. The van der Waals surface area contributed by atoms with Gasteiger partial charge in [-0.3, -0.25) is 0 Å². The predicted octanol–water partition coefficient (Wildman–Crippen LogP) is 3.21. The Kier molecular flexibility index (Phi) is 6.19. The van der Waals surface area contributed by atoms with Crippen molar-refractivity contribution in [1.29, 1.82) is 0 Å². The van der Waals surface area contributed by atoms with Gasteiger partial charge in [-0.1, -0.05) is 25.1 Å². The van der Waals surface area contributed by atoms with Gasteiger partial charge in [-0.2, -0.15) is 0 Å². The summed E-state index contributed by atoms with van der Waals surface area (Å²) in [5.41, 5.74) is 2.20. The number of rotatable bonds is 6. The van der Waals surface area contributed by atoms with E-state index in [4.69, 9.17) is 9.47 Å². The van der Waals surface area contributed by atoms with E-state index in [1.54, 1.807) is 0 Å². The minimum absolute atomic E-state index is 0.0941. The summed E-state index contributed by atoms with van der Waals surface area (Å²) >= 11 is 0. The average Bonchev–Trinajstić information content (AvgIpc) is 2.35. The lowest BCUT2D eigenvalue weighted by Crippen LogP contribution is -2.37. The van der Waals surface area contributed by atoms with E-state index in [9.17, 15) is 4.79 Å². The van der Waals surface area contributed by atoms with Crippen LogP contribution in [0.15, 0.2) is 18.2 Å². The molecule has 0 saturated carbocycles. The Hall–Kier alpha value is -1.71. The summed E-state index contributed by atoms with van der Waals surface area (Å²) in [5, 5.41) is 2.74. The van der Waals surface area contributed by atoms with Gasteiger partial charge in [0.2, 0.25) is 0 Å². The fourth-order valence-corrected chi connectivity index (χ4v) is 1.71. The van der Waals surface area contributed by atoms with Crippen molar-refractivity contribution in [1.82, 2.24) is 5.32 Å². The number of nitrogens with one attached hydrogen (secondary N) is 1. The summed E-state index contributed by atoms with van der Waals surface area (Å²) < 4.78 is 10.7. The Morgan fingerprint density at radius 1 is 1.32 bits per heavy atom. The lowest BCUT2D eigenvalue weighted by molar-refractivity contribution is 0.138. The Labute approximate surface area is 115 Å². The van der Waals surface area contributed by atoms with Crippen LogP contribution in [0.1, 0.15) is 31.4 Å². The highest BCUT2D eigenvalue weighted by atomic mass is 16.5. The third-order valence-corrected chi connectivity index (χ3v) is 2.69. The summed E-state index contributed by atoms with van der Waals surface area (Å²) in [6, 6.07) is 5.93. The van der Waals surface area contributed by atoms with E-state index in [-0.39, 0.29) is 12.1 Å². The molecule has 0 fully saturated rings. The number of carbonyl (C=O) groups excluding carboxylic acids is 1. The van der Waals surface area contributed by atoms with Gasteiger partial charge in [-0.05, 0) is 38.3 Å². The lowest BCUT2D eigenvalue weighted by Gasteiger charge is -2.17. The maximum atomic E-state index is 11.4. The molecule has 0 aliphatic carbocycles. The summed E-state index contributed by atoms with van der Waals surface area (Å²) in [7, 11) is 0. The molecule has 1 unspecified atom stereocenters. The van der Waals surface area contributed by atoms with Crippen LogP contribution in [0, 0.1) is 13.8 Å². The second-order valence-electron chi connectivity index (χ2n) is 4.71. The third kappa shape index (κ3) is 5.20. The first-order chi connectivity index (χ1) is 9.04. The second kappa shape index (κ2) is 7.67. The molecule has 1 aromatic rings. The van der Waals surface area contributed by atoms with Crippen molar-refractivity contribution in [2.75, 3.05) is 13.2 Å². The fraction of sp³-hybridized carbons (Fsp3) is 0.533. The topological polar surface area (TPSA) is 47.6 Å². The predicted molar refractivity (Wildman–Crippen MR) is 75.6 cm³/mol. The van der Waals surface area contributed by atoms with Crippen molar-refractivity contribution in [2.45, 2.75) is 40.2 Å². The van der Waals surface area contributed by atoms with Gasteiger partial charge in [-0.15, -0.1) is 0 Å². The van der Waals surface area contributed by atoms with Gasteiger partial charge >= 0.3 is 6.09 Å². The van der Waals surface area contributed by atoms with Crippen LogP contribution in [0.5, 0.6) is 5.75 Å². The Balaban J connectivity index is 2.42. The zero-order chi connectivity index (χ0) is 14.3. The van der Waals surface area contributed by atoms with Crippen molar-refractivity contribution >= 4 is 6.09 Å². The summed E-state index contributed by atoms with van der Waals surface area (Å²) in [6.07, 6.45) is 0.431. The first-order valence-electron chi connectivity index (χ1n) is 6.67. The van der Waals surface area contributed by atoms with Crippen LogP contribution in [0.3, 0.4) is 0 Å². The maximum Gasteiger partial charge on any atom is 0.407 e. The fourth-order valence-electron chi connectivity index (χ4n) is 1.71. The highest BCUT2D eigenvalue weighted by Crippen LogP contribution is 2.22. The minimum atomic E-state index is -0.389. The van der Waals surface area contributed by atoms with Crippen LogP contribution in [0.25, 0.3) is 0 Å². The number of ether oxygens (including phenoxy) is 2. The molecular weight excluding hydrogens is 242 g/mol. The van der Waals surface area contributed by atoms with Crippen molar-refractivity contribution in [3.63, 3.8) is 0 Å². The van der Waals surface area contributed by atoms with Crippen LogP contribution >= 0.6 is 0 Å². The van der Waals surface area contributed by atoms with E-state index in [1.165, 1.54) is 0 Å². The normalized spacial score (nSPS) is 11.8. The largest absolute Gasteiger partial charge is 0.491 e. The molecule has 4 heteroatoms. The van der Waals surface area contributed by atoms with Crippen molar-refractivity contribution in [3.8, 4) is 5.75 Å². The Morgan fingerprint density at radius 3 is 2.53 bits per heavy atom. The molecule has 0 heterocycles. The lowest BCUT2D eigenvalue weighted by atomic mass is 10.1. The van der Waals surface area contributed by atoms with E-state index in [0.717, 1.165) is 23.3 Å². The number of hydrogen-bond donors (Lipinski definition) is 1. The first-order valence-corrected chi connectivity index (χ1v) is 6.67. The Morgan fingerprint density at radius 2 is 1.95 bits per heavy atom. The van der Waals surface area contributed by atoms with Gasteiger partial charge in [-0.25, -0.2) is 4.79 Å². The third-order valence-electron chi connectivity index (χ3n) is 2.69. The first kappa shape index (κ1) is 15.3. The SMILES string of the molecule is CCCOC(=O)NC(C)COc1c(C)cccc1C. The van der Waals surface area contributed by atoms with Crippen LogP contribution < -0.4 is 10.1 Å². The molecule has 4 nitrogen and oxygen atoms in total. The van der Waals surface area contributed by atoms with E-state index in [0.29, 0.717) is 13.2 Å². The van der Waals surface area contributed by atoms with Crippen LogP contribution in [-0.2, 0) is 4.74 Å². The molecule has 0 aromatic heterocycles. The van der Waals surface area contributed by atoms with Crippen molar-refractivity contribution in [3.05, 3.63) is 29.3 Å². The molecule has 0 saturated heterocycles. The van der Waals surface area contributed by atoms with E-state index >= 15 is 0 Å². The van der Waals surface area contributed by atoms with Gasteiger partial charge in [0.25, 0.3) is 0 Å². The second-order valence-corrected chi connectivity index (χ2v) is 4.71. The number of hydrogen-bond acceptors (Lipinski definition) is 3. The number of alkyl carbamates (subject to hydrolysis) is 1. The number of aryl methyl sites for hydroxylation is 2. The summed E-state index contributed by atoms with van der Waals surface area (Å²) in [4.78, 5) is 11.4. The van der Waals surface area contributed by atoms with Gasteiger partial charge in [0.05, 0.1) is 12.6 Å². The standard InChI is InChI=1S/C15H23NO3/c1-5-9-18-15(17)16-13(4)10-19-14-11(2)7-6-8-12(14)3/h6-8,13H,5,9-10H2,1-4H3,(H,16,17). The monoisotopic (exact) mass is 265 g/mol. The minimum Gasteiger partial charge on any atom is -0.491 e. The zero-order valence-corrected chi connectivity index (χ0v) is 12.2. The molecule has 1 rings (SSSR count). The molecule has 1 atom stereocenters. The van der Waals surface area contributed by atoms with E-state index in [1.807, 2.05) is 45.9 Å². The molecule has 1 N–H and O–H groups in total. The number of amides is 1. The van der Waals surface area contributed by atoms with Crippen molar-refractivity contribution < 1.29 is 14.3 Å². The molecule has 0 bridgehead atoms. The molecule has 0 aliphatic heterocycles. The Bertz CT molecular complexity index is 398. The average molecular weight is 265 g/mol. The molecule has 0 aliphatic rings. The number of benzene rings is 1. The smallest absolute Gasteiger partial charge is 0.407 e. The molecule has 19 heavy (non-hydrogen) atoms. The molecular formula is C15H23NO3. The highest BCUT2D eigenvalue weighted by molar-refractivity contribution is 5.67. The van der Waals surface area contributed by atoms with Crippen LogP contribution in [0.2, 0.25) is 0 Å². The zero-order valence-electron chi connectivity index (χ0n) is 12.2. The van der Waals surface area contributed by atoms with Gasteiger partial charge in [0.15, 0.2) is 0 Å².